The molecule has 1 saturated heterocycles. The number of nitrogens with zero attached hydrogens (tertiary/aromatic N) is 1. The van der Waals surface area contributed by atoms with Crippen LogP contribution in [0.5, 0.6) is 0 Å². The second-order valence-electron chi connectivity index (χ2n) is 3.88. The van der Waals surface area contributed by atoms with Crippen LogP contribution in [0.25, 0.3) is 0 Å². The number of amides is 1. The summed E-state index contributed by atoms with van der Waals surface area (Å²) in [6.07, 6.45) is 0.646. The molecule has 12 heavy (non-hydrogen) atoms. The number of nitrogens with two attached hydrogens (primary N) is 1. The highest BCUT2D eigenvalue weighted by Gasteiger charge is 2.55. The molecule has 1 heterocycles. The number of likely N-dealkylation sites (tertiary alicyclic amines) is 1. The standard InChI is InChI=1S/C9H16N2O/c1-2-9(12)11-4-7-6(3-10)8(7)5-11/h6-8H,2-5,10H2,1H3/t6?,7-,8+. The van der Waals surface area contributed by atoms with Crippen LogP contribution in [0.3, 0.4) is 0 Å². The largest absolute Gasteiger partial charge is 0.342 e. The van der Waals surface area contributed by atoms with Crippen molar-refractivity contribution in [1.29, 1.82) is 0 Å². The number of carbonyl (C=O) groups is 1. The van der Waals surface area contributed by atoms with Crippen molar-refractivity contribution < 1.29 is 4.79 Å². The van der Waals surface area contributed by atoms with E-state index in [1.165, 1.54) is 0 Å². The second kappa shape index (κ2) is 2.73. The summed E-state index contributed by atoms with van der Waals surface area (Å²) in [6.45, 7) is 4.68. The summed E-state index contributed by atoms with van der Waals surface area (Å²) in [5.41, 5.74) is 5.57. The molecule has 2 N–H and O–H groups in total. The summed E-state index contributed by atoms with van der Waals surface area (Å²) in [5.74, 6) is 2.51. The maximum Gasteiger partial charge on any atom is 0.222 e. The summed E-state index contributed by atoms with van der Waals surface area (Å²) in [7, 11) is 0. The fraction of sp³-hybridized carbons (Fsp3) is 0.889. The molecule has 1 aliphatic carbocycles. The lowest BCUT2D eigenvalue weighted by Gasteiger charge is -2.18. The first kappa shape index (κ1) is 8.05. The predicted molar refractivity (Wildman–Crippen MR) is 46.4 cm³/mol. The number of carbonyl (C=O) groups excluding carboxylic acids is 1. The van der Waals surface area contributed by atoms with Crippen molar-refractivity contribution in [2.75, 3.05) is 19.6 Å². The third-order valence-electron chi connectivity index (χ3n) is 3.30. The van der Waals surface area contributed by atoms with Crippen molar-refractivity contribution in [3.63, 3.8) is 0 Å². The Morgan fingerprint density at radius 3 is 2.50 bits per heavy atom. The van der Waals surface area contributed by atoms with E-state index in [4.69, 9.17) is 5.73 Å². The zero-order valence-electron chi connectivity index (χ0n) is 7.49. The normalized spacial score (nSPS) is 38.2. The maximum absolute atomic E-state index is 11.3. The van der Waals surface area contributed by atoms with E-state index >= 15 is 0 Å². The SMILES string of the molecule is CCC(=O)N1C[C@@H]2C(CN)[C@@H]2C1. The second-order valence-corrected chi connectivity index (χ2v) is 3.88. The number of fused-ring (bicyclic) bond motifs is 1. The molecular formula is C9H16N2O. The van der Waals surface area contributed by atoms with E-state index in [9.17, 15) is 4.79 Å². The molecule has 2 aliphatic rings. The van der Waals surface area contributed by atoms with Crippen LogP contribution in [0.2, 0.25) is 0 Å². The molecule has 3 heteroatoms. The van der Waals surface area contributed by atoms with Gasteiger partial charge in [-0.05, 0) is 24.3 Å². The minimum atomic E-state index is 0.304. The lowest BCUT2D eigenvalue weighted by Crippen LogP contribution is -2.31. The van der Waals surface area contributed by atoms with E-state index in [1.807, 2.05) is 11.8 Å². The lowest BCUT2D eigenvalue weighted by atomic mass is 10.2. The molecule has 1 amide bonds. The molecule has 3 nitrogen and oxygen atoms in total. The van der Waals surface area contributed by atoms with Crippen LogP contribution in [-0.4, -0.2) is 30.4 Å². The molecule has 1 aliphatic heterocycles. The number of hydrogen-bond donors (Lipinski definition) is 1. The molecular weight excluding hydrogens is 152 g/mol. The van der Waals surface area contributed by atoms with Crippen molar-refractivity contribution in [3.05, 3.63) is 0 Å². The van der Waals surface area contributed by atoms with Gasteiger partial charge in [-0.15, -0.1) is 0 Å². The van der Waals surface area contributed by atoms with Crippen molar-refractivity contribution in [2.45, 2.75) is 13.3 Å². The Balaban J connectivity index is 1.85. The molecule has 0 aromatic carbocycles. The Kier molecular flexibility index (Phi) is 1.83. The van der Waals surface area contributed by atoms with Crippen LogP contribution < -0.4 is 5.73 Å². The molecule has 3 atom stereocenters. The van der Waals surface area contributed by atoms with Crippen molar-refractivity contribution in [3.8, 4) is 0 Å². The third kappa shape index (κ3) is 1.04. The van der Waals surface area contributed by atoms with Crippen LogP contribution in [0.4, 0.5) is 0 Å². The first-order chi connectivity index (χ1) is 5.77. The monoisotopic (exact) mass is 168 g/mol. The van der Waals surface area contributed by atoms with E-state index in [1.54, 1.807) is 0 Å². The number of piperidine rings is 1. The molecule has 1 saturated carbocycles. The van der Waals surface area contributed by atoms with E-state index in [0.717, 1.165) is 37.4 Å². The van der Waals surface area contributed by atoms with Gasteiger partial charge in [0.2, 0.25) is 5.91 Å². The quantitative estimate of drug-likeness (QED) is 0.633. The molecule has 2 fully saturated rings. The fourth-order valence-electron chi connectivity index (χ4n) is 2.43. The van der Waals surface area contributed by atoms with Gasteiger partial charge in [0.15, 0.2) is 0 Å². The summed E-state index contributed by atoms with van der Waals surface area (Å²) in [4.78, 5) is 13.3. The highest BCUT2D eigenvalue weighted by Crippen LogP contribution is 2.50. The van der Waals surface area contributed by atoms with Gasteiger partial charge in [0, 0.05) is 19.5 Å². The van der Waals surface area contributed by atoms with Crippen molar-refractivity contribution >= 4 is 5.91 Å². The van der Waals surface area contributed by atoms with Gasteiger partial charge in [0.1, 0.15) is 0 Å². The molecule has 0 bridgehead atoms. The summed E-state index contributed by atoms with van der Waals surface area (Å²) in [5, 5.41) is 0. The summed E-state index contributed by atoms with van der Waals surface area (Å²) >= 11 is 0. The van der Waals surface area contributed by atoms with Gasteiger partial charge < -0.3 is 10.6 Å². The molecule has 0 spiro atoms. The molecule has 1 unspecified atom stereocenters. The van der Waals surface area contributed by atoms with Gasteiger partial charge in [0.05, 0.1) is 0 Å². The van der Waals surface area contributed by atoms with E-state index < -0.39 is 0 Å². The van der Waals surface area contributed by atoms with E-state index in [-0.39, 0.29) is 0 Å². The Hall–Kier alpha value is -0.570. The van der Waals surface area contributed by atoms with Crippen LogP contribution in [0, 0.1) is 17.8 Å². The Morgan fingerprint density at radius 1 is 1.50 bits per heavy atom. The molecule has 0 aromatic heterocycles. The van der Waals surface area contributed by atoms with Gasteiger partial charge in [-0.1, -0.05) is 6.92 Å². The minimum Gasteiger partial charge on any atom is -0.342 e. The predicted octanol–water partition coefficient (Wildman–Crippen LogP) is 0.0595. The molecule has 2 rings (SSSR count). The average Bonchev–Trinajstić information content (AvgIpc) is 2.56. The molecule has 0 aromatic rings. The molecule has 0 radical (unpaired) electrons. The van der Waals surface area contributed by atoms with E-state index in [2.05, 4.69) is 0 Å². The van der Waals surface area contributed by atoms with Crippen LogP contribution in [-0.2, 0) is 4.79 Å². The Bertz CT molecular complexity index is 193. The number of hydrogen-bond acceptors (Lipinski definition) is 2. The zero-order valence-corrected chi connectivity index (χ0v) is 7.49. The highest BCUT2D eigenvalue weighted by atomic mass is 16.2. The van der Waals surface area contributed by atoms with Crippen LogP contribution >= 0.6 is 0 Å². The summed E-state index contributed by atoms with van der Waals surface area (Å²) < 4.78 is 0. The number of rotatable bonds is 2. The maximum atomic E-state index is 11.3. The minimum absolute atomic E-state index is 0.304. The smallest absolute Gasteiger partial charge is 0.222 e. The third-order valence-corrected chi connectivity index (χ3v) is 3.30. The lowest BCUT2D eigenvalue weighted by molar-refractivity contribution is -0.130. The zero-order chi connectivity index (χ0) is 8.72. The highest BCUT2D eigenvalue weighted by molar-refractivity contribution is 5.76. The average molecular weight is 168 g/mol. The van der Waals surface area contributed by atoms with Gasteiger partial charge >= 0.3 is 0 Å². The Labute approximate surface area is 72.9 Å². The van der Waals surface area contributed by atoms with Crippen molar-refractivity contribution in [1.82, 2.24) is 4.90 Å². The van der Waals surface area contributed by atoms with Crippen LogP contribution in [0.1, 0.15) is 13.3 Å². The fourth-order valence-corrected chi connectivity index (χ4v) is 2.43. The van der Waals surface area contributed by atoms with E-state index in [0.29, 0.717) is 12.3 Å². The topological polar surface area (TPSA) is 46.3 Å². The van der Waals surface area contributed by atoms with Gasteiger partial charge in [-0.3, -0.25) is 4.79 Å². The van der Waals surface area contributed by atoms with Crippen LogP contribution in [0.15, 0.2) is 0 Å². The van der Waals surface area contributed by atoms with Gasteiger partial charge in [-0.25, -0.2) is 0 Å². The Morgan fingerprint density at radius 2 is 2.08 bits per heavy atom. The van der Waals surface area contributed by atoms with Gasteiger partial charge in [0.25, 0.3) is 0 Å². The van der Waals surface area contributed by atoms with Crippen molar-refractivity contribution in [2.24, 2.45) is 23.5 Å². The molecule has 68 valence electrons. The first-order valence-electron chi connectivity index (χ1n) is 4.75. The van der Waals surface area contributed by atoms with Gasteiger partial charge in [-0.2, -0.15) is 0 Å². The first-order valence-corrected chi connectivity index (χ1v) is 4.75. The summed E-state index contributed by atoms with van der Waals surface area (Å²) in [6, 6.07) is 0.